The van der Waals surface area contributed by atoms with Crippen molar-refractivity contribution in [3.05, 3.63) is 0 Å². The molecule has 3 rings (SSSR count). The van der Waals surface area contributed by atoms with Crippen LogP contribution in [0.15, 0.2) is 0 Å². The highest BCUT2D eigenvalue weighted by molar-refractivity contribution is 5.76. The zero-order chi connectivity index (χ0) is 33.5. The number of hydroxylamine groups is 2. The Hall–Kier alpha value is -1.79. The Bertz CT molecular complexity index is 1010. The fourth-order valence-electron chi connectivity index (χ4n) is 7.91. The minimum Gasteiger partial charge on any atom is -0.464 e. The molecule has 0 aromatic heterocycles. The van der Waals surface area contributed by atoms with E-state index < -0.39 is 17.0 Å². The van der Waals surface area contributed by atoms with Crippen LogP contribution in [0.25, 0.3) is 0 Å². The standard InChI is InChI=1S/C33H60N4O7/c1-28(2)19-22(31(7,8)34-28)25(38)42-16-13-36(14-17-43-26(39)23-20-29(3,4)35-32(23,9)10)15-18-44-27(40)24-21-30(5,6)37(41)33(24,11)12/h22-24,34-35,41H,13-21H2,1-12H3. The summed E-state index contributed by atoms with van der Waals surface area (Å²) in [6.07, 6.45) is 1.87. The molecule has 3 aliphatic heterocycles. The molecule has 0 spiro atoms. The molecule has 44 heavy (non-hydrogen) atoms. The van der Waals surface area contributed by atoms with Gasteiger partial charge < -0.3 is 30.1 Å². The zero-order valence-electron chi connectivity index (χ0n) is 29.4. The molecule has 0 aromatic rings. The molecule has 0 aromatic carbocycles. The molecular formula is C33H60N4O7. The molecule has 3 saturated heterocycles. The second-order valence-electron chi connectivity index (χ2n) is 16.9. The third kappa shape index (κ3) is 8.51. The van der Waals surface area contributed by atoms with Crippen LogP contribution >= 0.6 is 0 Å². The van der Waals surface area contributed by atoms with Crippen LogP contribution in [0.2, 0.25) is 0 Å². The number of esters is 3. The van der Waals surface area contributed by atoms with Crippen LogP contribution in [-0.2, 0) is 28.6 Å². The SMILES string of the molecule is CC1(C)CC(C(=O)OCCN(CCOC(=O)C2CC(C)(C)NC2(C)C)CCOC(=O)C2CC(C)(C)N(O)C2(C)C)C(C)(C)N1. The minimum atomic E-state index is -0.752. The van der Waals surface area contributed by atoms with Crippen LogP contribution in [0.3, 0.4) is 0 Å². The molecule has 0 saturated carbocycles. The molecule has 3 N–H and O–H groups in total. The van der Waals surface area contributed by atoms with Gasteiger partial charge in [-0.15, -0.1) is 0 Å². The zero-order valence-corrected chi connectivity index (χ0v) is 29.4. The third-order valence-corrected chi connectivity index (χ3v) is 9.98. The average Bonchev–Trinajstić information content (AvgIpc) is 3.31. The highest BCUT2D eigenvalue weighted by Gasteiger charge is 2.55. The maximum atomic E-state index is 13.1. The molecule has 3 atom stereocenters. The van der Waals surface area contributed by atoms with E-state index in [-0.39, 0.29) is 71.7 Å². The maximum Gasteiger partial charge on any atom is 0.311 e. The molecule has 0 aliphatic carbocycles. The summed E-state index contributed by atoms with van der Waals surface area (Å²) in [6, 6.07) is 0. The Balaban J connectivity index is 1.57. The quantitative estimate of drug-likeness (QED) is 0.218. The number of carbonyl (C=O) groups excluding carboxylic acids is 3. The van der Waals surface area contributed by atoms with Gasteiger partial charge in [0.05, 0.1) is 23.3 Å². The second kappa shape index (κ2) is 12.8. The Morgan fingerprint density at radius 2 is 0.977 bits per heavy atom. The second-order valence-corrected chi connectivity index (χ2v) is 16.9. The van der Waals surface area contributed by atoms with Gasteiger partial charge in [0.25, 0.3) is 0 Å². The summed E-state index contributed by atoms with van der Waals surface area (Å²) in [5.41, 5.74) is -2.33. The van der Waals surface area contributed by atoms with Crippen molar-refractivity contribution in [1.82, 2.24) is 20.6 Å². The molecule has 254 valence electrons. The third-order valence-electron chi connectivity index (χ3n) is 9.98. The van der Waals surface area contributed by atoms with E-state index in [0.717, 1.165) is 0 Å². The fourth-order valence-corrected chi connectivity index (χ4v) is 7.91. The summed E-state index contributed by atoms with van der Waals surface area (Å²) in [4.78, 5) is 41.1. The van der Waals surface area contributed by atoms with Gasteiger partial charge in [-0.1, -0.05) is 0 Å². The van der Waals surface area contributed by atoms with Crippen molar-refractivity contribution in [3.63, 3.8) is 0 Å². The number of hydrogen-bond donors (Lipinski definition) is 3. The molecule has 3 fully saturated rings. The van der Waals surface area contributed by atoms with Crippen LogP contribution in [0.4, 0.5) is 0 Å². The van der Waals surface area contributed by atoms with E-state index in [2.05, 4.69) is 38.3 Å². The van der Waals surface area contributed by atoms with Gasteiger partial charge in [0.2, 0.25) is 0 Å². The fraction of sp³-hybridized carbons (Fsp3) is 0.909. The molecule has 0 amide bonds. The molecule has 3 heterocycles. The Kier molecular flexibility index (Phi) is 10.7. The monoisotopic (exact) mass is 624 g/mol. The normalized spacial score (nSPS) is 29.5. The van der Waals surface area contributed by atoms with E-state index in [9.17, 15) is 19.6 Å². The lowest BCUT2D eigenvalue weighted by Crippen LogP contribution is -2.48. The summed E-state index contributed by atoms with van der Waals surface area (Å²) in [5.74, 6) is -1.81. The van der Waals surface area contributed by atoms with Crippen LogP contribution in [-0.4, -0.2) is 106 Å². The first-order valence-corrected chi connectivity index (χ1v) is 16.2. The van der Waals surface area contributed by atoms with Crippen molar-refractivity contribution in [1.29, 1.82) is 0 Å². The molecule has 3 aliphatic rings. The topological polar surface area (TPSA) is 130 Å². The molecule has 11 heteroatoms. The summed E-state index contributed by atoms with van der Waals surface area (Å²) in [6.45, 7) is 25.6. The van der Waals surface area contributed by atoms with Crippen molar-refractivity contribution in [2.75, 3.05) is 39.5 Å². The number of nitrogens with zero attached hydrogens (tertiary/aromatic N) is 2. The van der Waals surface area contributed by atoms with Gasteiger partial charge >= 0.3 is 17.9 Å². The van der Waals surface area contributed by atoms with Gasteiger partial charge in [0.1, 0.15) is 19.8 Å². The Labute approximate surface area is 265 Å². The summed E-state index contributed by atoms with van der Waals surface area (Å²) in [7, 11) is 0. The highest BCUT2D eigenvalue weighted by Crippen LogP contribution is 2.44. The molecule has 0 radical (unpaired) electrons. The summed E-state index contributed by atoms with van der Waals surface area (Å²) >= 11 is 0. The lowest BCUT2D eigenvalue weighted by atomic mass is 9.87. The van der Waals surface area contributed by atoms with E-state index in [1.165, 1.54) is 5.06 Å². The van der Waals surface area contributed by atoms with Crippen LogP contribution < -0.4 is 10.6 Å². The molecular weight excluding hydrogens is 564 g/mol. The van der Waals surface area contributed by atoms with Crippen molar-refractivity contribution in [2.24, 2.45) is 17.8 Å². The van der Waals surface area contributed by atoms with E-state index >= 15 is 0 Å². The number of hydrogen-bond acceptors (Lipinski definition) is 11. The first-order chi connectivity index (χ1) is 19.9. The van der Waals surface area contributed by atoms with Crippen molar-refractivity contribution in [2.45, 2.75) is 136 Å². The first kappa shape index (κ1) is 36.7. The minimum absolute atomic E-state index is 0.126. The van der Waals surface area contributed by atoms with Crippen LogP contribution in [0, 0.1) is 17.8 Å². The number of carbonyl (C=O) groups is 3. The van der Waals surface area contributed by atoms with Gasteiger partial charge in [-0.25, -0.2) is 0 Å². The van der Waals surface area contributed by atoms with Crippen molar-refractivity contribution >= 4 is 17.9 Å². The van der Waals surface area contributed by atoms with Crippen LogP contribution in [0.5, 0.6) is 0 Å². The Morgan fingerprint density at radius 3 is 1.25 bits per heavy atom. The molecule has 11 nitrogen and oxygen atoms in total. The maximum absolute atomic E-state index is 13.1. The average molecular weight is 625 g/mol. The number of rotatable bonds is 12. The van der Waals surface area contributed by atoms with Gasteiger partial charge in [0.15, 0.2) is 0 Å². The summed E-state index contributed by atoms with van der Waals surface area (Å²) in [5, 5.41) is 18.9. The van der Waals surface area contributed by atoms with Gasteiger partial charge in [-0.3, -0.25) is 19.3 Å². The van der Waals surface area contributed by atoms with Crippen molar-refractivity contribution in [3.8, 4) is 0 Å². The predicted molar refractivity (Wildman–Crippen MR) is 168 cm³/mol. The largest absolute Gasteiger partial charge is 0.464 e. The van der Waals surface area contributed by atoms with Crippen LogP contribution in [0.1, 0.15) is 102 Å². The number of ether oxygens (including phenoxy) is 3. The molecule has 3 unspecified atom stereocenters. The predicted octanol–water partition coefficient (Wildman–Crippen LogP) is 3.52. The van der Waals surface area contributed by atoms with E-state index in [1.807, 2.05) is 60.3 Å². The van der Waals surface area contributed by atoms with E-state index in [4.69, 9.17) is 14.2 Å². The summed E-state index contributed by atoms with van der Waals surface area (Å²) < 4.78 is 17.2. The molecule has 0 bridgehead atoms. The smallest absolute Gasteiger partial charge is 0.311 e. The lowest BCUT2D eigenvalue weighted by molar-refractivity contribution is -0.200. The highest BCUT2D eigenvalue weighted by atomic mass is 16.5. The Morgan fingerprint density at radius 1 is 0.636 bits per heavy atom. The van der Waals surface area contributed by atoms with E-state index in [0.29, 0.717) is 38.9 Å². The van der Waals surface area contributed by atoms with Crippen molar-refractivity contribution < 1.29 is 33.8 Å². The first-order valence-electron chi connectivity index (χ1n) is 16.2. The van der Waals surface area contributed by atoms with E-state index in [1.54, 1.807) is 0 Å². The van der Waals surface area contributed by atoms with Gasteiger partial charge in [-0.05, 0) is 102 Å². The lowest BCUT2D eigenvalue weighted by Gasteiger charge is -2.35. The van der Waals surface area contributed by atoms with Gasteiger partial charge in [0, 0.05) is 47.3 Å². The number of nitrogens with one attached hydrogen (secondary N) is 2. The van der Waals surface area contributed by atoms with Gasteiger partial charge in [-0.2, -0.15) is 5.06 Å².